The molecule has 0 saturated heterocycles. The monoisotopic (exact) mass is 663 g/mol. The highest BCUT2D eigenvalue weighted by atomic mass is 16.6. The molecule has 4 rings (SSSR count). The molecule has 0 aliphatic heterocycles. The van der Waals surface area contributed by atoms with Crippen LogP contribution in [0.15, 0.2) is 109 Å². The second-order valence-electron chi connectivity index (χ2n) is 11.1. The van der Waals surface area contributed by atoms with Gasteiger partial charge in [-0.25, -0.2) is 9.59 Å². The summed E-state index contributed by atoms with van der Waals surface area (Å²) in [5, 5.41) is 0. The highest BCUT2D eigenvalue weighted by Crippen LogP contribution is 2.30. The van der Waals surface area contributed by atoms with E-state index in [0.717, 1.165) is 11.1 Å². The van der Waals surface area contributed by atoms with Crippen molar-refractivity contribution in [1.29, 1.82) is 0 Å². The second kappa shape index (κ2) is 17.9. The predicted molar refractivity (Wildman–Crippen MR) is 185 cm³/mol. The third-order valence-electron chi connectivity index (χ3n) is 7.33. The number of nitrogens with two attached hydrogens (primary N) is 1. The number of allylic oxidation sites excluding steroid dienone is 2. The van der Waals surface area contributed by atoms with E-state index in [1.807, 2.05) is 60.7 Å². The van der Waals surface area contributed by atoms with Gasteiger partial charge in [0, 0.05) is 6.42 Å². The van der Waals surface area contributed by atoms with E-state index in [-0.39, 0.29) is 23.7 Å². The standard InChI is InChI=1S/C39H38N2O8/c1-46-36-23-28(15-19-34(36)48-38(44)32(40)21-26-9-5-3-6-10-26)13-17-30(42)25-31(43)18-14-29-16-20-35(37(24-29)47-2)49-39(45)33(41)22-27-11-7-4-8-12-27/h3-20,23-24,32-33H,21-22,25,40-41H2,1-2H3/p+1/b17-13+,18-14+/t32-,33-/m0/s1. The number of hydrogen-bond acceptors (Lipinski definition) is 9. The van der Waals surface area contributed by atoms with E-state index in [0.29, 0.717) is 29.7 Å². The fourth-order valence-electron chi connectivity index (χ4n) is 4.72. The minimum absolute atomic E-state index is 0.192. The molecule has 0 unspecified atom stereocenters. The largest absolute Gasteiger partial charge is 0.493 e. The Morgan fingerprint density at radius 3 is 1.55 bits per heavy atom. The maximum Gasteiger partial charge on any atom is 0.370 e. The van der Waals surface area contributed by atoms with E-state index < -0.39 is 35.6 Å². The van der Waals surface area contributed by atoms with Gasteiger partial charge in [-0.3, -0.25) is 9.59 Å². The summed E-state index contributed by atoms with van der Waals surface area (Å²) in [6, 6.07) is 27.1. The normalized spacial score (nSPS) is 12.3. The van der Waals surface area contributed by atoms with E-state index in [2.05, 4.69) is 5.73 Å². The number of carbonyl (C=O) groups is 4. The molecule has 252 valence electrons. The van der Waals surface area contributed by atoms with E-state index in [1.54, 1.807) is 42.5 Å². The molecule has 10 nitrogen and oxygen atoms in total. The number of esters is 2. The number of benzene rings is 4. The maximum atomic E-state index is 12.6. The summed E-state index contributed by atoms with van der Waals surface area (Å²) in [5.74, 6) is -0.907. The second-order valence-corrected chi connectivity index (χ2v) is 11.1. The van der Waals surface area contributed by atoms with Crippen LogP contribution in [-0.2, 0) is 32.0 Å². The summed E-state index contributed by atoms with van der Waals surface area (Å²) < 4.78 is 21.8. The van der Waals surface area contributed by atoms with Gasteiger partial charge in [0.25, 0.3) is 0 Å². The van der Waals surface area contributed by atoms with Gasteiger partial charge in [-0.1, -0.05) is 84.9 Å². The predicted octanol–water partition coefficient (Wildman–Crippen LogP) is 4.19. The fourth-order valence-corrected chi connectivity index (χ4v) is 4.72. The lowest BCUT2D eigenvalue weighted by Crippen LogP contribution is -2.67. The van der Waals surface area contributed by atoms with Crippen LogP contribution < -0.4 is 30.4 Å². The molecule has 0 bridgehead atoms. The molecule has 0 spiro atoms. The van der Waals surface area contributed by atoms with Gasteiger partial charge in [0.05, 0.1) is 20.6 Å². The summed E-state index contributed by atoms with van der Waals surface area (Å²) in [7, 11) is 2.88. The molecular weight excluding hydrogens is 624 g/mol. The van der Waals surface area contributed by atoms with E-state index >= 15 is 0 Å². The highest BCUT2D eigenvalue weighted by molar-refractivity contribution is 6.10. The minimum Gasteiger partial charge on any atom is -0.493 e. The van der Waals surface area contributed by atoms with Crippen LogP contribution in [0.2, 0.25) is 0 Å². The van der Waals surface area contributed by atoms with Crippen molar-refractivity contribution < 1.29 is 43.9 Å². The molecule has 10 heteroatoms. The van der Waals surface area contributed by atoms with Crippen molar-refractivity contribution in [1.82, 2.24) is 0 Å². The molecule has 4 aromatic rings. The van der Waals surface area contributed by atoms with Crippen molar-refractivity contribution in [2.45, 2.75) is 31.3 Å². The van der Waals surface area contributed by atoms with Crippen LogP contribution in [-0.4, -0.2) is 49.8 Å². The smallest absolute Gasteiger partial charge is 0.370 e. The molecule has 0 aliphatic carbocycles. The molecule has 5 N–H and O–H groups in total. The van der Waals surface area contributed by atoms with E-state index in [9.17, 15) is 19.2 Å². The molecule has 0 radical (unpaired) electrons. The average molecular weight is 664 g/mol. The number of quaternary nitrogens is 1. The van der Waals surface area contributed by atoms with Gasteiger partial charge in [0.1, 0.15) is 6.04 Å². The first-order valence-corrected chi connectivity index (χ1v) is 15.5. The number of carbonyl (C=O) groups excluding carboxylic acids is 4. The summed E-state index contributed by atoms with van der Waals surface area (Å²) >= 11 is 0. The first kappa shape index (κ1) is 36.0. The van der Waals surface area contributed by atoms with Gasteiger partial charge in [0.15, 0.2) is 40.6 Å². The number of ether oxygens (including phenoxy) is 4. The number of ketones is 2. The molecule has 4 aromatic carbocycles. The van der Waals surface area contributed by atoms with Gasteiger partial charge in [-0.15, -0.1) is 0 Å². The Balaban J connectivity index is 1.29. The summed E-state index contributed by atoms with van der Waals surface area (Å²) in [6.07, 6.45) is 6.08. The van der Waals surface area contributed by atoms with Gasteiger partial charge < -0.3 is 30.4 Å². The molecule has 0 aromatic heterocycles. The lowest BCUT2D eigenvalue weighted by atomic mass is 10.1. The number of rotatable bonds is 16. The van der Waals surface area contributed by atoms with Crippen LogP contribution in [0, 0.1) is 0 Å². The van der Waals surface area contributed by atoms with Crippen molar-refractivity contribution in [2.75, 3.05) is 14.2 Å². The molecule has 0 aliphatic rings. The molecular formula is C39H39N2O8+. The van der Waals surface area contributed by atoms with Gasteiger partial charge >= 0.3 is 11.9 Å². The Morgan fingerprint density at radius 2 is 1.08 bits per heavy atom. The van der Waals surface area contributed by atoms with Crippen LogP contribution in [0.3, 0.4) is 0 Å². The van der Waals surface area contributed by atoms with Crippen LogP contribution in [0.25, 0.3) is 12.2 Å². The quantitative estimate of drug-likeness (QED) is 0.0776. The van der Waals surface area contributed by atoms with Crippen molar-refractivity contribution in [3.8, 4) is 23.0 Å². The first-order valence-electron chi connectivity index (χ1n) is 15.5. The van der Waals surface area contributed by atoms with Gasteiger partial charge in [-0.05, 0) is 65.1 Å². The molecule has 2 atom stereocenters. The highest BCUT2D eigenvalue weighted by Gasteiger charge is 2.22. The fraction of sp³-hybridized carbons (Fsp3) is 0.179. The first-order chi connectivity index (χ1) is 23.6. The Bertz CT molecular complexity index is 1690. The van der Waals surface area contributed by atoms with Crippen LogP contribution >= 0.6 is 0 Å². The average Bonchev–Trinajstić information content (AvgIpc) is 3.11. The van der Waals surface area contributed by atoms with Crippen LogP contribution in [0.4, 0.5) is 0 Å². The third-order valence-corrected chi connectivity index (χ3v) is 7.33. The lowest BCUT2D eigenvalue weighted by Gasteiger charge is -2.14. The Labute approximate surface area is 284 Å². The topological polar surface area (TPSA) is 159 Å². The SMILES string of the molecule is COc1cc(/C=C/C(=O)CC(=O)/C=C/c2ccc(OC(=O)[C@@H]([NH3+])Cc3ccccc3)c(OC)c2)ccc1OC(=O)[C@@H](N)Cc1ccccc1. The van der Waals surface area contributed by atoms with Crippen LogP contribution in [0.5, 0.6) is 23.0 Å². The van der Waals surface area contributed by atoms with Crippen molar-refractivity contribution >= 4 is 35.7 Å². The van der Waals surface area contributed by atoms with E-state index in [1.165, 1.54) is 32.4 Å². The zero-order valence-electron chi connectivity index (χ0n) is 27.4. The zero-order chi connectivity index (χ0) is 35.2. The summed E-state index contributed by atoms with van der Waals surface area (Å²) in [5.41, 5.74) is 13.0. The minimum atomic E-state index is -0.862. The lowest BCUT2D eigenvalue weighted by molar-refractivity contribution is -0.406. The van der Waals surface area contributed by atoms with Gasteiger partial charge in [0.2, 0.25) is 0 Å². The van der Waals surface area contributed by atoms with E-state index in [4.69, 9.17) is 24.7 Å². The van der Waals surface area contributed by atoms with Crippen molar-refractivity contribution in [3.63, 3.8) is 0 Å². The molecule has 49 heavy (non-hydrogen) atoms. The number of methoxy groups -OCH3 is 2. The van der Waals surface area contributed by atoms with Gasteiger partial charge in [-0.2, -0.15) is 0 Å². The molecule has 0 amide bonds. The molecule has 0 saturated carbocycles. The van der Waals surface area contributed by atoms with Crippen molar-refractivity contribution in [2.24, 2.45) is 5.73 Å². The Kier molecular flexibility index (Phi) is 13.2. The summed E-state index contributed by atoms with van der Waals surface area (Å²) in [4.78, 5) is 50.2. The third kappa shape index (κ3) is 11.1. The molecule has 0 heterocycles. The zero-order valence-corrected chi connectivity index (χ0v) is 27.4. The van der Waals surface area contributed by atoms with Crippen LogP contribution in [0.1, 0.15) is 28.7 Å². The van der Waals surface area contributed by atoms with Crippen molar-refractivity contribution in [3.05, 3.63) is 131 Å². The Hall–Kier alpha value is -5.84. The molecule has 0 fully saturated rings. The Morgan fingerprint density at radius 1 is 0.633 bits per heavy atom. The summed E-state index contributed by atoms with van der Waals surface area (Å²) in [6.45, 7) is 0. The number of hydrogen-bond donors (Lipinski definition) is 2. The maximum absolute atomic E-state index is 12.6.